The molecule has 0 bridgehead atoms. The van der Waals surface area contributed by atoms with Crippen LogP contribution in [0.3, 0.4) is 0 Å². The van der Waals surface area contributed by atoms with Crippen LogP contribution in [0.1, 0.15) is 17.0 Å². The molecule has 0 N–H and O–H groups in total. The van der Waals surface area contributed by atoms with E-state index in [9.17, 15) is 9.59 Å². The van der Waals surface area contributed by atoms with Crippen molar-refractivity contribution < 1.29 is 14.3 Å². The Labute approximate surface area is 145 Å². The summed E-state index contributed by atoms with van der Waals surface area (Å²) in [5.41, 5.74) is 1.20. The normalized spacial score (nSPS) is 32.2. The van der Waals surface area contributed by atoms with E-state index in [4.69, 9.17) is 4.74 Å². The van der Waals surface area contributed by atoms with Gasteiger partial charge in [0.05, 0.1) is 18.7 Å². The second-order valence-corrected chi connectivity index (χ2v) is 6.92. The molecule has 2 aliphatic heterocycles. The van der Waals surface area contributed by atoms with Gasteiger partial charge in [-0.15, -0.1) is 0 Å². The van der Waals surface area contributed by atoms with Crippen molar-refractivity contribution in [2.75, 3.05) is 0 Å². The number of imide groups is 1. The Hall–Kier alpha value is -2.88. The van der Waals surface area contributed by atoms with Gasteiger partial charge in [-0.2, -0.15) is 0 Å². The molecular formula is C21H17NO3. The molecule has 2 aromatic rings. The van der Waals surface area contributed by atoms with Gasteiger partial charge in [-0.25, -0.2) is 0 Å². The molecule has 3 aliphatic rings. The second-order valence-electron chi connectivity index (χ2n) is 6.92. The first kappa shape index (κ1) is 14.5. The summed E-state index contributed by atoms with van der Waals surface area (Å²) in [6, 6.07) is 19.5. The van der Waals surface area contributed by atoms with Gasteiger partial charge in [0.2, 0.25) is 11.8 Å². The number of carbonyl (C=O) groups excluding carboxylic acids is 2. The van der Waals surface area contributed by atoms with Gasteiger partial charge in [0.15, 0.2) is 0 Å². The predicted molar refractivity (Wildman–Crippen MR) is 91.1 cm³/mol. The molecule has 2 aromatic carbocycles. The molecule has 4 atom stereocenters. The first-order chi connectivity index (χ1) is 12.2. The lowest BCUT2D eigenvalue weighted by Crippen LogP contribution is -2.58. The maximum atomic E-state index is 13.1. The molecule has 4 heteroatoms. The highest BCUT2D eigenvalue weighted by atomic mass is 16.5. The summed E-state index contributed by atoms with van der Waals surface area (Å²) in [6.45, 7) is 0.318. The van der Waals surface area contributed by atoms with Gasteiger partial charge in [0.25, 0.3) is 0 Å². The van der Waals surface area contributed by atoms with Crippen molar-refractivity contribution in [3.05, 3.63) is 84.1 Å². The number of rotatable bonds is 3. The number of hydrogen-bond acceptors (Lipinski definition) is 3. The maximum absolute atomic E-state index is 13.1. The van der Waals surface area contributed by atoms with Crippen molar-refractivity contribution in [3.8, 4) is 0 Å². The molecule has 4 nitrogen and oxygen atoms in total. The lowest BCUT2D eigenvalue weighted by atomic mass is 9.51. The first-order valence-corrected chi connectivity index (χ1v) is 8.51. The Bertz CT molecular complexity index is 877. The van der Waals surface area contributed by atoms with Gasteiger partial charge in [-0.1, -0.05) is 60.7 Å². The fourth-order valence-electron chi connectivity index (χ4n) is 4.60. The van der Waals surface area contributed by atoms with E-state index in [2.05, 4.69) is 0 Å². The summed E-state index contributed by atoms with van der Waals surface area (Å²) in [5, 5.41) is 0. The molecule has 0 aromatic heterocycles. The van der Waals surface area contributed by atoms with Crippen LogP contribution in [-0.4, -0.2) is 22.8 Å². The van der Waals surface area contributed by atoms with Gasteiger partial charge in [-0.05, 0) is 17.2 Å². The monoisotopic (exact) mass is 331 g/mol. The highest BCUT2D eigenvalue weighted by molar-refractivity contribution is 6.11. The van der Waals surface area contributed by atoms with E-state index < -0.39 is 5.41 Å². The third-order valence-corrected chi connectivity index (χ3v) is 5.76. The fraction of sp³-hybridized carbons (Fsp3) is 0.238. The Morgan fingerprint density at radius 3 is 2.36 bits per heavy atom. The number of ether oxygens (including phenoxy) is 1. The van der Waals surface area contributed by atoms with Crippen LogP contribution in [0.4, 0.5) is 0 Å². The fourth-order valence-corrected chi connectivity index (χ4v) is 4.60. The Morgan fingerprint density at radius 2 is 1.64 bits per heavy atom. The van der Waals surface area contributed by atoms with Crippen LogP contribution in [0, 0.1) is 11.3 Å². The summed E-state index contributed by atoms with van der Waals surface area (Å²) in [5.74, 6) is -0.658. The molecule has 1 aliphatic carbocycles. The molecule has 1 saturated carbocycles. The summed E-state index contributed by atoms with van der Waals surface area (Å²) in [6.07, 6.45) is 3.11. The van der Waals surface area contributed by atoms with Crippen LogP contribution in [0.15, 0.2) is 73.0 Å². The molecule has 25 heavy (non-hydrogen) atoms. The smallest absolute Gasteiger partial charge is 0.244 e. The minimum Gasteiger partial charge on any atom is -0.496 e. The van der Waals surface area contributed by atoms with Crippen LogP contribution in [0.2, 0.25) is 0 Å². The summed E-state index contributed by atoms with van der Waals surface area (Å²) in [7, 11) is 0. The number of nitrogens with zero attached hydrogens (tertiary/aromatic N) is 1. The van der Waals surface area contributed by atoms with Crippen molar-refractivity contribution in [1.82, 2.24) is 4.90 Å². The molecule has 2 fully saturated rings. The number of carbonyl (C=O) groups is 2. The van der Waals surface area contributed by atoms with E-state index in [1.807, 2.05) is 60.7 Å². The van der Waals surface area contributed by atoms with E-state index in [1.54, 1.807) is 12.3 Å². The van der Waals surface area contributed by atoms with Gasteiger partial charge in [-0.3, -0.25) is 14.5 Å². The van der Waals surface area contributed by atoms with Crippen LogP contribution < -0.4 is 0 Å². The zero-order valence-electron chi connectivity index (χ0n) is 13.5. The summed E-state index contributed by atoms with van der Waals surface area (Å²) >= 11 is 0. The van der Waals surface area contributed by atoms with Gasteiger partial charge in [0, 0.05) is 5.92 Å². The third-order valence-electron chi connectivity index (χ3n) is 5.76. The maximum Gasteiger partial charge on any atom is 0.244 e. The van der Waals surface area contributed by atoms with E-state index in [1.165, 1.54) is 4.90 Å². The van der Waals surface area contributed by atoms with E-state index in [0.29, 0.717) is 6.54 Å². The Morgan fingerprint density at radius 1 is 0.960 bits per heavy atom. The van der Waals surface area contributed by atoms with Crippen molar-refractivity contribution >= 4 is 11.8 Å². The molecule has 4 unspecified atom stereocenters. The first-order valence-electron chi connectivity index (χ1n) is 8.51. The largest absolute Gasteiger partial charge is 0.496 e. The zero-order valence-corrected chi connectivity index (χ0v) is 13.5. The highest BCUT2D eigenvalue weighted by Crippen LogP contribution is 2.65. The van der Waals surface area contributed by atoms with E-state index >= 15 is 0 Å². The molecule has 1 spiro atoms. The molecule has 124 valence electrons. The van der Waals surface area contributed by atoms with Crippen LogP contribution in [0.25, 0.3) is 0 Å². The molecular weight excluding hydrogens is 314 g/mol. The summed E-state index contributed by atoms with van der Waals surface area (Å²) < 4.78 is 5.76. The van der Waals surface area contributed by atoms with Crippen molar-refractivity contribution in [2.24, 2.45) is 11.3 Å². The van der Waals surface area contributed by atoms with Crippen LogP contribution in [0.5, 0.6) is 0 Å². The molecule has 0 radical (unpaired) electrons. The van der Waals surface area contributed by atoms with Crippen molar-refractivity contribution in [3.63, 3.8) is 0 Å². The number of amides is 2. The average molecular weight is 331 g/mol. The summed E-state index contributed by atoms with van der Waals surface area (Å²) in [4.78, 5) is 27.7. The topological polar surface area (TPSA) is 46.6 Å². The predicted octanol–water partition coefficient (Wildman–Crippen LogP) is 2.87. The average Bonchev–Trinajstić information content (AvgIpc) is 3.07. The van der Waals surface area contributed by atoms with Gasteiger partial charge >= 0.3 is 0 Å². The third kappa shape index (κ3) is 1.77. The molecule has 2 amide bonds. The minimum absolute atomic E-state index is 0.0755. The van der Waals surface area contributed by atoms with E-state index in [-0.39, 0.29) is 29.8 Å². The number of hydrogen-bond donors (Lipinski definition) is 0. The minimum atomic E-state index is -0.813. The Kier molecular flexibility index (Phi) is 2.93. The highest BCUT2D eigenvalue weighted by Gasteiger charge is 2.76. The second kappa shape index (κ2) is 5.06. The molecule has 1 saturated heterocycles. The Balaban J connectivity index is 1.53. The molecule has 5 rings (SSSR count). The van der Waals surface area contributed by atoms with E-state index in [0.717, 1.165) is 11.1 Å². The number of likely N-dealkylation sites (tertiary alicyclic amines) is 1. The quantitative estimate of drug-likeness (QED) is 0.813. The number of benzene rings is 2. The van der Waals surface area contributed by atoms with Crippen LogP contribution in [-0.2, 0) is 20.9 Å². The van der Waals surface area contributed by atoms with Crippen molar-refractivity contribution in [2.45, 2.75) is 18.6 Å². The van der Waals surface area contributed by atoms with Crippen LogP contribution >= 0.6 is 0 Å². The van der Waals surface area contributed by atoms with Gasteiger partial charge in [0.1, 0.15) is 11.5 Å². The lowest BCUT2D eigenvalue weighted by molar-refractivity contribution is -0.149. The van der Waals surface area contributed by atoms with Gasteiger partial charge < -0.3 is 4.74 Å². The zero-order chi connectivity index (χ0) is 17.0. The SMILES string of the molecule is O=C1C2C(c3ccccc3)C3OC=CC32C(=O)N1Cc1ccccc1. The van der Waals surface area contributed by atoms with Crippen molar-refractivity contribution in [1.29, 1.82) is 0 Å². The lowest BCUT2D eigenvalue weighted by Gasteiger charge is -2.49. The molecule has 2 heterocycles. The standard InChI is InChI=1S/C21H17NO3/c23-19-17-16(15-9-5-2-6-10-15)18-21(17,11-12-25-18)20(24)22(19)13-14-7-3-1-4-8-14/h1-12,16-18H,13H2.